The number of hydrogen-bond acceptors (Lipinski definition) is 5. The van der Waals surface area contributed by atoms with E-state index in [1.54, 1.807) is 24.5 Å². The number of aromatic nitrogens is 1. The first-order valence-corrected chi connectivity index (χ1v) is 7.71. The molecule has 0 aliphatic carbocycles. The van der Waals surface area contributed by atoms with Crippen molar-refractivity contribution in [2.75, 3.05) is 0 Å². The molecule has 0 unspecified atom stereocenters. The number of nitrogens with one attached hydrogen (secondary N) is 1. The molecule has 0 bridgehead atoms. The number of nitro benzene ring substituents is 1. The van der Waals surface area contributed by atoms with Crippen molar-refractivity contribution in [3.63, 3.8) is 0 Å². The topological polar surface area (TPSA) is 102 Å². The summed E-state index contributed by atoms with van der Waals surface area (Å²) in [5.74, 6) is -0.311. The van der Waals surface area contributed by atoms with Gasteiger partial charge in [0.15, 0.2) is 0 Å². The third-order valence-electron chi connectivity index (χ3n) is 2.70. The van der Waals surface area contributed by atoms with Crippen molar-refractivity contribution in [3.8, 4) is 0 Å². The van der Waals surface area contributed by atoms with Crippen molar-refractivity contribution >= 4 is 15.7 Å². The van der Waals surface area contributed by atoms with Crippen LogP contribution in [0.5, 0.6) is 0 Å². The molecule has 0 spiro atoms. The molecule has 7 nitrogen and oxygen atoms in total. The van der Waals surface area contributed by atoms with Crippen LogP contribution in [0.15, 0.2) is 48.8 Å². The third-order valence-corrected chi connectivity index (χ3v) is 3.99. The average Bonchev–Trinajstić information content (AvgIpc) is 2.46. The maximum Gasteiger partial charge on any atom is 0.269 e. The Morgan fingerprint density at radius 3 is 2.62 bits per heavy atom. The van der Waals surface area contributed by atoms with Gasteiger partial charge in [0.2, 0.25) is 10.0 Å². The van der Waals surface area contributed by atoms with Crippen molar-refractivity contribution in [3.05, 3.63) is 70.0 Å². The van der Waals surface area contributed by atoms with E-state index in [-0.39, 0.29) is 18.0 Å². The zero-order chi connectivity index (χ0) is 15.3. The fraction of sp³-hybridized carbons (Fsp3) is 0.154. The summed E-state index contributed by atoms with van der Waals surface area (Å²) in [5, 5.41) is 10.7. The molecule has 0 amide bonds. The van der Waals surface area contributed by atoms with Gasteiger partial charge in [-0.2, -0.15) is 0 Å². The normalized spacial score (nSPS) is 11.2. The van der Waals surface area contributed by atoms with E-state index in [2.05, 4.69) is 9.71 Å². The smallest absolute Gasteiger partial charge is 0.264 e. The second-order valence-corrected chi connectivity index (χ2v) is 6.18. The molecular formula is C13H13N3O4S. The van der Waals surface area contributed by atoms with Crippen molar-refractivity contribution in [1.29, 1.82) is 0 Å². The van der Waals surface area contributed by atoms with Crippen LogP contribution < -0.4 is 4.72 Å². The fourth-order valence-corrected chi connectivity index (χ4v) is 2.83. The summed E-state index contributed by atoms with van der Waals surface area (Å²) in [4.78, 5) is 14.0. The second kappa shape index (κ2) is 6.42. The number of benzene rings is 1. The van der Waals surface area contributed by atoms with Crippen LogP contribution in [-0.4, -0.2) is 18.3 Å². The quantitative estimate of drug-likeness (QED) is 0.645. The van der Waals surface area contributed by atoms with Gasteiger partial charge in [0.05, 0.1) is 10.7 Å². The Labute approximate surface area is 121 Å². The highest BCUT2D eigenvalue weighted by molar-refractivity contribution is 7.88. The molecule has 8 heteroatoms. The molecule has 1 heterocycles. The molecule has 21 heavy (non-hydrogen) atoms. The van der Waals surface area contributed by atoms with Crippen LogP contribution in [0.3, 0.4) is 0 Å². The van der Waals surface area contributed by atoms with Crippen LogP contribution in [-0.2, 0) is 22.3 Å². The molecule has 1 aromatic heterocycles. The number of nitro groups is 1. The molecule has 0 fully saturated rings. The molecule has 2 aromatic rings. The van der Waals surface area contributed by atoms with Crippen LogP contribution in [0.2, 0.25) is 0 Å². The molecule has 2 rings (SSSR count). The standard InChI is InChI=1S/C13H13N3O4S/c17-16(18)13-5-1-3-11(7-13)10-21(19,20)15-9-12-4-2-6-14-8-12/h1-8,15H,9-10H2. The minimum absolute atomic E-state index is 0.130. The lowest BCUT2D eigenvalue weighted by molar-refractivity contribution is -0.384. The lowest BCUT2D eigenvalue weighted by Crippen LogP contribution is -2.24. The Morgan fingerprint density at radius 2 is 1.95 bits per heavy atom. The fourth-order valence-electron chi connectivity index (χ4n) is 1.73. The zero-order valence-corrected chi connectivity index (χ0v) is 11.8. The largest absolute Gasteiger partial charge is 0.269 e. The molecule has 1 aromatic carbocycles. The highest BCUT2D eigenvalue weighted by Gasteiger charge is 2.14. The Hall–Kier alpha value is -2.32. The van der Waals surface area contributed by atoms with Crippen molar-refractivity contribution < 1.29 is 13.3 Å². The Balaban J connectivity index is 2.04. The number of sulfonamides is 1. The summed E-state index contributed by atoms with van der Waals surface area (Å²) in [7, 11) is -3.58. The SMILES string of the molecule is O=[N+]([O-])c1cccc(CS(=O)(=O)NCc2cccnc2)c1. The van der Waals surface area contributed by atoms with Gasteiger partial charge in [0.25, 0.3) is 5.69 Å². The molecule has 0 atom stereocenters. The van der Waals surface area contributed by atoms with E-state index in [4.69, 9.17) is 0 Å². The monoisotopic (exact) mass is 307 g/mol. The van der Waals surface area contributed by atoms with Crippen molar-refractivity contribution in [1.82, 2.24) is 9.71 Å². The van der Waals surface area contributed by atoms with Crippen LogP contribution in [0, 0.1) is 10.1 Å². The lowest BCUT2D eigenvalue weighted by Gasteiger charge is -2.06. The van der Waals surface area contributed by atoms with E-state index in [9.17, 15) is 18.5 Å². The van der Waals surface area contributed by atoms with Gasteiger partial charge in [0, 0.05) is 31.1 Å². The summed E-state index contributed by atoms with van der Waals surface area (Å²) < 4.78 is 26.3. The first kappa shape index (κ1) is 15.1. The summed E-state index contributed by atoms with van der Waals surface area (Å²) in [6, 6.07) is 9.04. The third kappa shape index (κ3) is 4.62. The zero-order valence-electron chi connectivity index (χ0n) is 11.0. The van der Waals surface area contributed by atoms with Crippen LogP contribution in [0.4, 0.5) is 5.69 Å². The van der Waals surface area contributed by atoms with E-state index in [1.807, 2.05) is 0 Å². The molecule has 110 valence electrons. The summed E-state index contributed by atoms with van der Waals surface area (Å²) in [6.45, 7) is 0.130. The Bertz CT molecular complexity index is 732. The first-order valence-electron chi connectivity index (χ1n) is 6.06. The highest BCUT2D eigenvalue weighted by atomic mass is 32.2. The number of rotatable bonds is 6. The summed E-state index contributed by atoms with van der Waals surface area (Å²) in [6.07, 6.45) is 3.16. The maximum atomic E-state index is 12.0. The highest BCUT2D eigenvalue weighted by Crippen LogP contribution is 2.15. The summed E-state index contributed by atoms with van der Waals surface area (Å²) in [5.41, 5.74) is 0.970. The lowest BCUT2D eigenvalue weighted by atomic mass is 10.2. The minimum atomic E-state index is -3.58. The predicted molar refractivity (Wildman–Crippen MR) is 76.8 cm³/mol. The Kier molecular flexibility index (Phi) is 4.61. The van der Waals surface area contributed by atoms with Gasteiger partial charge in [-0.05, 0) is 17.2 Å². The average molecular weight is 307 g/mol. The van der Waals surface area contributed by atoms with Gasteiger partial charge in [-0.3, -0.25) is 15.1 Å². The second-order valence-electron chi connectivity index (χ2n) is 4.37. The van der Waals surface area contributed by atoms with Gasteiger partial charge in [-0.15, -0.1) is 0 Å². The molecule has 0 aliphatic heterocycles. The number of non-ortho nitro benzene ring substituents is 1. The van der Waals surface area contributed by atoms with E-state index >= 15 is 0 Å². The number of pyridine rings is 1. The van der Waals surface area contributed by atoms with Crippen LogP contribution >= 0.6 is 0 Å². The molecular weight excluding hydrogens is 294 g/mol. The maximum absolute atomic E-state index is 12.0. The van der Waals surface area contributed by atoms with Gasteiger partial charge in [0.1, 0.15) is 0 Å². The van der Waals surface area contributed by atoms with Gasteiger partial charge in [-0.25, -0.2) is 13.1 Å². The minimum Gasteiger partial charge on any atom is -0.264 e. The molecule has 0 aliphatic rings. The molecule has 0 saturated carbocycles. The number of hydrogen-bond donors (Lipinski definition) is 1. The van der Waals surface area contributed by atoms with Crippen LogP contribution in [0.25, 0.3) is 0 Å². The van der Waals surface area contributed by atoms with Gasteiger partial charge < -0.3 is 0 Å². The predicted octanol–water partition coefficient (Wildman–Crippen LogP) is 1.61. The van der Waals surface area contributed by atoms with Gasteiger partial charge in [-0.1, -0.05) is 18.2 Å². The molecule has 0 saturated heterocycles. The Morgan fingerprint density at radius 1 is 1.19 bits per heavy atom. The first-order chi connectivity index (χ1) is 9.96. The summed E-state index contributed by atoms with van der Waals surface area (Å²) >= 11 is 0. The van der Waals surface area contributed by atoms with E-state index in [1.165, 1.54) is 24.3 Å². The van der Waals surface area contributed by atoms with Gasteiger partial charge >= 0.3 is 0 Å². The van der Waals surface area contributed by atoms with Crippen molar-refractivity contribution in [2.45, 2.75) is 12.3 Å². The molecule has 1 N–H and O–H groups in total. The van der Waals surface area contributed by atoms with Crippen LogP contribution in [0.1, 0.15) is 11.1 Å². The van der Waals surface area contributed by atoms with E-state index in [0.29, 0.717) is 5.56 Å². The molecule has 0 radical (unpaired) electrons. The van der Waals surface area contributed by atoms with E-state index in [0.717, 1.165) is 5.56 Å². The number of nitrogens with zero attached hydrogens (tertiary/aromatic N) is 2. The van der Waals surface area contributed by atoms with Crippen molar-refractivity contribution in [2.24, 2.45) is 0 Å². The van der Waals surface area contributed by atoms with E-state index < -0.39 is 14.9 Å².